The SMILES string of the molecule is CC(C)[C@@H](NC(=O)COc1ccc(Cl)cc1)c1ccc2c(c1)OCCO2. The number of ether oxygens (including phenoxy) is 3. The van der Waals surface area contributed by atoms with E-state index >= 15 is 0 Å². The summed E-state index contributed by atoms with van der Waals surface area (Å²) < 4.78 is 16.7. The Balaban J connectivity index is 1.64. The van der Waals surface area contributed by atoms with Gasteiger partial charge in [0.15, 0.2) is 18.1 Å². The fourth-order valence-electron chi connectivity index (χ4n) is 2.78. The zero-order valence-corrected chi connectivity index (χ0v) is 15.6. The Bertz CT molecular complexity index is 761. The number of carbonyl (C=O) groups excluding carboxylic acids is 1. The average Bonchev–Trinajstić information content (AvgIpc) is 2.65. The Morgan fingerprint density at radius 2 is 1.81 bits per heavy atom. The fraction of sp³-hybridized carbons (Fsp3) is 0.350. The van der Waals surface area contributed by atoms with Crippen LogP contribution in [0.2, 0.25) is 5.02 Å². The molecule has 2 aromatic rings. The van der Waals surface area contributed by atoms with Gasteiger partial charge in [-0.15, -0.1) is 0 Å². The first kappa shape index (κ1) is 18.4. The van der Waals surface area contributed by atoms with Gasteiger partial charge in [-0.2, -0.15) is 0 Å². The van der Waals surface area contributed by atoms with Gasteiger partial charge in [0.2, 0.25) is 0 Å². The number of hydrogen-bond donors (Lipinski definition) is 1. The zero-order valence-electron chi connectivity index (χ0n) is 14.8. The lowest BCUT2D eigenvalue weighted by molar-refractivity contribution is -0.124. The minimum absolute atomic E-state index is 0.0601. The lowest BCUT2D eigenvalue weighted by Gasteiger charge is -2.25. The molecule has 1 aliphatic rings. The molecule has 26 heavy (non-hydrogen) atoms. The highest BCUT2D eigenvalue weighted by Crippen LogP contribution is 2.34. The van der Waals surface area contributed by atoms with E-state index < -0.39 is 0 Å². The lowest BCUT2D eigenvalue weighted by Crippen LogP contribution is -2.35. The highest BCUT2D eigenvalue weighted by molar-refractivity contribution is 6.30. The van der Waals surface area contributed by atoms with E-state index in [0.29, 0.717) is 29.7 Å². The third-order valence-corrected chi connectivity index (χ3v) is 4.34. The second kappa shape index (κ2) is 8.32. The molecule has 0 aliphatic carbocycles. The molecule has 2 aromatic carbocycles. The van der Waals surface area contributed by atoms with Crippen LogP contribution in [0.1, 0.15) is 25.5 Å². The second-order valence-electron chi connectivity index (χ2n) is 6.43. The standard InChI is InChI=1S/C20H22ClNO4/c1-13(2)20(14-3-8-17-18(11-14)25-10-9-24-17)22-19(23)12-26-16-6-4-15(21)5-7-16/h3-8,11,13,20H,9-10,12H2,1-2H3,(H,22,23)/t20-/m1/s1. The normalized spacial score (nSPS) is 14.0. The zero-order chi connectivity index (χ0) is 18.5. The predicted octanol–water partition coefficient (Wildman–Crippen LogP) is 4.00. The van der Waals surface area contributed by atoms with Gasteiger partial charge in [0, 0.05) is 5.02 Å². The minimum atomic E-state index is -0.187. The molecule has 1 N–H and O–H groups in total. The topological polar surface area (TPSA) is 56.8 Å². The van der Waals surface area contributed by atoms with Gasteiger partial charge in [-0.1, -0.05) is 31.5 Å². The Hall–Kier alpha value is -2.40. The molecule has 0 fully saturated rings. The molecule has 6 heteroatoms. The number of halogens is 1. The van der Waals surface area contributed by atoms with Gasteiger partial charge < -0.3 is 19.5 Å². The summed E-state index contributed by atoms with van der Waals surface area (Å²) in [5.74, 6) is 2.07. The van der Waals surface area contributed by atoms with Crippen molar-refractivity contribution >= 4 is 17.5 Å². The van der Waals surface area contributed by atoms with Crippen LogP contribution in [-0.4, -0.2) is 25.7 Å². The monoisotopic (exact) mass is 375 g/mol. The molecule has 1 amide bonds. The van der Waals surface area contributed by atoms with Crippen molar-refractivity contribution in [3.8, 4) is 17.2 Å². The maximum absolute atomic E-state index is 12.3. The van der Waals surface area contributed by atoms with Crippen molar-refractivity contribution in [1.82, 2.24) is 5.32 Å². The molecule has 5 nitrogen and oxygen atoms in total. The first-order valence-electron chi connectivity index (χ1n) is 8.60. The first-order chi connectivity index (χ1) is 12.5. The van der Waals surface area contributed by atoms with E-state index in [0.717, 1.165) is 11.3 Å². The van der Waals surface area contributed by atoms with Crippen molar-refractivity contribution in [3.05, 3.63) is 53.1 Å². The highest BCUT2D eigenvalue weighted by Gasteiger charge is 2.21. The van der Waals surface area contributed by atoms with Crippen molar-refractivity contribution in [3.63, 3.8) is 0 Å². The van der Waals surface area contributed by atoms with Gasteiger partial charge in [-0.3, -0.25) is 4.79 Å². The molecule has 0 radical (unpaired) electrons. The maximum Gasteiger partial charge on any atom is 0.258 e. The summed E-state index contributed by atoms with van der Waals surface area (Å²) in [6.07, 6.45) is 0. The van der Waals surface area contributed by atoms with E-state index in [1.807, 2.05) is 18.2 Å². The third kappa shape index (κ3) is 4.61. The van der Waals surface area contributed by atoms with Crippen LogP contribution >= 0.6 is 11.6 Å². The van der Waals surface area contributed by atoms with Gasteiger partial charge >= 0.3 is 0 Å². The molecule has 138 valence electrons. The van der Waals surface area contributed by atoms with Gasteiger partial charge in [-0.05, 0) is 47.9 Å². The Morgan fingerprint density at radius 3 is 2.50 bits per heavy atom. The van der Waals surface area contributed by atoms with E-state index in [1.54, 1.807) is 24.3 Å². The summed E-state index contributed by atoms with van der Waals surface area (Å²) in [5, 5.41) is 3.66. The van der Waals surface area contributed by atoms with Crippen LogP contribution in [0.15, 0.2) is 42.5 Å². The summed E-state index contributed by atoms with van der Waals surface area (Å²) in [6.45, 7) is 5.14. The first-order valence-corrected chi connectivity index (χ1v) is 8.98. The molecule has 3 rings (SSSR count). The smallest absolute Gasteiger partial charge is 0.258 e. The Morgan fingerprint density at radius 1 is 1.12 bits per heavy atom. The predicted molar refractivity (Wildman–Crippen MR) is 100 cm³/mol. The van der Waals surface area contributed by atoms with E-state index in [2.05, 4.69) is 19.2 Å². The molecular weight excluding hydrogens is 354 g/mol. The third-order valence-electron chi connectivity index (χ3n) is 4.09. The number of amides is 1. The van der Waals surface area contributed by atoms with Crippen molar-refractivity contribution in [1.29, 1.82) is 0 Å². The van der Waals surface area contributed by atoms with Crippen molar-refractivity contribution in [2.24, 2.45) is 5.92 Å². The van der Waals surface area contributed by atoms with Crippen LogP contribution in [0.5, 0.6) is 17.2 Å². The minimum Gasteiger partial charge on any atom is -0.486 e. The number of fused-ring (bicyclic) bond motifs is 1. The van der Waals surface area contributed by atoms with Crippen LogP contribution < -0.4 is 19.5 Å². The summed E-state index contributed by atoms with van der Waals surface area (Å²) in [7, 11) is 0. The van der Waals surface area contributed by atoms with Crippen LogP contribution in [0, 0.1) is 5.92 Å². The van der Waals surface area contributed by atoms with Crippen molar-refractivity contribution in [2.45, 2.75) is 19.9 Å². The summed E-state index contributed by atoms with van der Waals surface area (Å²) in [6, 6.07) is 12.5. The summed E-state index contributed by atoms with van der Waals surface area (Å²) in [5.41, 5.74) is 0.976. The molecule has 1 heterocycles. The molecule has 0 spiro atoms. The number of nitrogens with one attached hydrogen (secondary N) is 1. The molecule has 0 saturated heterocycles. The second-order valence-corrected chi connectivity index (χ2v) is 6.87. The maximum atomic E-state index is 12.3. The van der Waals surface area contributed by atoms with Gasteiger partial charge in [0.25, 0.3) is 5.91 Å². The number of benzene rings is 2. The summed E-state index contributed by atoms with van der Waals surface area (Å²) >= 11 is 5.84. The van der Waals surface area contributed by atoms with Crippen molar-refractivity contribution < 1.29 is 19.0 Å². The molecule has 0 saturated carbocycles. The van der Waals surface area contributed by atoms with E-state index in [-0.39, 0.29) is 24.5 Å². The van der Waals surface area contributed by atoms with Crippen LogP contribution in [0.4, 0.5) is 0 Å². The average molecular weight is 376 g/mol. The highest BCUT2D eigenvalue weighted by atomic mass is 35.5. The largest absolute Gasteiger partial charge is 0.486 e. The molecule has 1 aliphatic heterocycles. The molecule has 0 unspecified atom stereocenters. The molecule has 0 aromatic heterocycles. The van der Waals surface area contributed by atoms with Crippen LogP contribution in [0.3, 0.4) is 0 Å². The Labute approximate surface area is 158 Å². The van der Waals surface area contributed by atoms with E-state index in [1.165, 1.54) is 0 Å². The number of rotatable bonds is 6. The van der Waals surface area contributed by atoms with E-state index in [4.69, 9.17) is 25.8 Å². The van der Waals surface area contributed by atoms with Gasteiger partial charge in [-0.25, -0.2) is 0 Å². The Kier molecular flexibility index (Phi) is 5.89. The number of hydrogen-bond acceptors (Lipinski definition) is 4. The molecule has 0 bridgehead atoms. The molecule has 1 atom stereocenters. The summed E-state index contributed by atoms with van der Waals surface area (Å²) in [4.78, 5) is 12.3. The van der Waals surface area contributed by atoms with Crippen molar-refractivity contribution in [2.75, 3.05) is 19.8 Å². The van der Waals surface area contributed by atoms with Gasteiger partial charge in [0.05, 0.1) is 6.04 Å². The lowest BCUT2D eigenvalue weighted by atomic mass is 9.95. The quantitative estimate of drug-likeness (QED) is 0.829. The van der Waals surface area contributed by atoms with Gasteiger partial charge in [0.1, 0.15) is 19.0 Å². The number of carbonyl (C=O) groups is 1. The van der Waals surface area contributed by atoms with Crippen LogP contribution in [-0.2, 0) is 4.79 Å². The molecular formula is C20H22ClNO4. The fourth-order valence-corrected chi connectivity index (χ4v) is 2.91. The van der Waals surface area contributed by atoms with E-state index in [9.17, 15) is 4.79 Å². The van der Waals surface area contributed by atoms with Crippen LogP contribution in [0.25, 0.3) is 0 Å².